The number of Topliss-reactive ketones (excluding diaryl/α,β-unsaturated/α-hetero) is 2. The first-order valence-electron chi connectivity index (χ1n) is 17.5. The molecule has 4 saturated carbocycles. The maximum absolute atomic E-state index is 14.4. The number of ketones is 2. The molecule has 0 aliphatic heterocycles. The van der Waals surface area contributed by atoms with Crippen LogP contribution in [0.3, 0.4) is 0 Å². The molecule has 5 aliphatic carbocycles. The van der Waals surface area contributed by atoms with E-state index >= 15 is 0 Å². The Kier molecular flexibility index (Phi) is 7.65. The molecule has 5 heteroatoms. The number of aromatic nitrogens is 1. The number of pyridine rings is 1. The van der Waals surface area contributed by atoms with Crippen LogP contribution >= 0.6 is 0 Å². The van der Waals surface area contributed by atoms with E-state index in [0.29, 0.717) is 31.1 Å². The average Bonchev–Trinajstić information content (AvgIpc) is 3.27. The van der Waals surface area contributed by atoms with Crippen LogP contribution in [0.2, 0.25) is 0 Å². The molecular formula is C39H55NO4. The molecule has 0 amide bonds. The molecule has 0 N–H and O–H groups in total. The number of allylic oxidation sites excluding steroid dienone is 2. The summed E-state index contributed by atoms with van der Waals surface area (Å²) in [5.74, 6) is 1.81. The molecule has 0 aromatic carbocycles. The normalized spacial score (nSPS) is 41.0. The third-order valence-corrected chi connectivity index (χ3v) is 14.6. The second-order valence-electron chi connectivity index (χ2n) is 17.0. The van der Waals surface area contributed by atoms with Crippen molar-refractivity contribution in [2.75, 3.05) is 0 Å². The van der Waals surface area contributed by atoms with Gasteiger partial charge in [-0.15, -0.1) is 0 Å². The van der Waals surface area contributed by atoms with Crippen molar-refractivity contribution in [3.8, 4) is 0 Å². The minimum absolute atomic E-state index is 0.0226. The molecule has 5 aliphatic rings. The predicted molar refractivity (Wildman–Crippen MR) is 173 cm³/mol. The SMILES string of the molecule is CC(=O)O[C@H]1CC[C@]2(C)[C@H]3CC[C@@H]4C5=C(C(C)C)C(=O)C[C@]5(C(=O)CCc5cccnc5)CC[C@@]4(C)[C@]3(C)CC[C@H]2C1(C)C. The van der Waals surface area contributed by atoms with Gasteiger partial charge in [-0.3, -0.25) is 19.4 Å². The highest BCUT2D eigenvalue weighted by molar-refractivity contribution is 6.07. The van der Waals surface area contributed by atoms with Gasteiger partial charge in [0.2, 0.25) is 0 Å². The Balaban J connectivity index is 1.36. The number of carbonyl (C=O) groups is 3. The summed E-state index contributed by atoms with van der Waals surface area (Å²) >= 11 is 0. The van der Waals surface area contributed by atoms with Crippen LogP contribution in [0.4, 0.5) is 0 Å². The number of hydrogen-bond donors (Lipinski definition) is 0. The molecule has 6 rings (SSSR count). The monoisotopic (exact) mass is 601 g/mol. The zero-order valence-electron chi connectivity index (χ0n) is 28.6. The number of rotatable bonds is 6. The Morgan fingerprint density at radius 2 is 1.70 bits per heavy atom. The van der Waals surface area contributed by atoms with Gasteiger partial charge in [0.05, 0.1) is 5.41 Å². The van der Waals surface area contributed by atoms with E-state index in [-0.39, 0.29) is 57.1 Å². The van der Waals surface area contributed by atoms with E-state index in [4.69, 9.17) is 4.74 Å². The maximum Gasteiger partial charge on any atom is 0.302 e. The summed E-state index contributed by atoms with van der Waals surface area (Å²) in [6.45, 7) is 18.2. The summed E-state index contributed by atoms with van der Waals surface area (Å²) in [6.07, 6.45) is 13.4. The molecule has 8 atom stereocenters. The molecular weight excluding hydrogens is 546 g/mol. The third kappa shape index (κ3) is 4.37. The van der Waals surface area contributed by atoms with Gasteiger partial charge < -0.3 is 4.74 Å². The van der Waals surface area contributed by atoms with E-state index in [2.05, 4.69) is 53.5 Å². The third-order valence-electron chi connectivity index (χ3n) is 14.6. The first-order valence-corrected chi connectivity index (χ1v) is 17.5. The molecule has 0 bridgehead atoms. The summed E-state index contributed by atoms with van der Waals surface area (Å²) in [4.78, 5) is 44.5. The number of fused-ring (bicyclic) bond motifs is 7. The lowest BCUT2D eigenvalue weighted by molar-refractivity contribution is -0.232. The minimum atomic E-state index is -0.628. The van der Waals surface area contributed by atoms with Gasteiger partial charge in [-0.1, -0.05) is 54.5 Å². The van der Waals surface area contributed by atoms with Gasteiger partial charge in [0, 0.05) is 37.6 Å². The van der Waals surface area contributed by atoms with E-state index in [1.807, 2.05) is 18.3 Å². The van der Waals surface area contributed by atoms with Crippen LogP contribution < -0.4 is 0 Å². The largest absolute Gasteiger partial charge is 0.462 e. The Labute approximate surface area is 265 Å². The summed E-state index contributed by atoms with van der Waals surface area (Å²) in [7, 11) is 0. The smallest absolute Gasteiger partial charge is 0.302 e. The highest BCUT2D eigenvalue weighted by Crippen LogP contribution is 2.76. The van der Waals surface area contributed by atoms with Crippen LogP contribution in [-0.4, -0.2) is 28.6 Å². The van der Waals surface area contributed by atoms with Crippen molar-refractivity contribution < 1.29 is 19.1 Å². The second-order valence-corrected chi connectivity index (χ2v) is 17.0. The number of esters is 1. The summed E-state index contributed by atoms with van der Waals surface area (Å²) in [5, 5.41) is 0. The molecule has 0 saturated heterocycles. The molecule has 0 radical (unpaired) electrons. The van der Waals surface area contributed by atoms with Gasteiger partial charge in [0.25, 0.3) is 0 Å². The zero-order chi connectivity index (χ0) is 31.9. The highest BCUT2D eigenvalue weighted by atomic mass is 16.5. The van der Waals surface area contributed by atoms with E-state index in [0.717, 1.165) is 62.5 Å². The second kappa shape index (κ2) is 10.6. The van der Waals surface area contributed by atoms with Crippen LogP contribution in [0.25, 0.3) is 0 Å². The van der Waals surface area contributed by atoms with Crippen LogP contribution in [0.15, 0.2) is 35.7 Å². The molecule has 5 nitrogen and oxygen atoms in total. The van der Waals surface area contributed by atoms with E-state index in [1.54, 1.807) is 13.1 Å². The first-order chi connectivity index (χ1) is 20.6. The fraction of sp³-hybridized carbons (Fsp3) is 0.744. The molecule has 1 aromatic heterocycles. The predicted octanol–water partition coefficient (Wildman–Crippen LogP) is 8.50. The highest BCUT2D eigenvalue weighted by Gasteiger charge is 2.70. The summed E-state index contributed by atoms with van der Waals surface area (Å²) < 4.78 is 5.93. The molecule has 44 heavy (non-hydrogen) atoms. The first kappa shape index (κ1) is 31.7. The quantitative estimate of drug-likeness (QED) is 0.306. The molecule has 4 fully saturated rings. The zero-order valence-corrected chi connectivity index (χ0v) is 28.6. The van der Waals surface area contributed by atoms with Crippen LogP contribution in [0.5, 0.6) is 0 Å². The van der Waals surface area contributed by atoms with Crippen LogP contribution in [0, 0.1) is 50.7 Å². The topological polar surface area (TPSA) is 73.3 Å². The number of carbonyl (C=O) groups excluding carboxylic acids is 3. The van der Waals surface area contributed by atoms with Gasteiger partial charge in [0.1, 0.15) is 11.9 Å². The van der Waals surface area contributed by atoms with Crippen molar-refractivity contribution in [1.82, 2.24) is 4.98 Å². The molecule has 1 heterocycles. The van der Waals surface area contributed by atoms with Crippen molar-refractivity contribution in [2.45, 2.75) is 132 Å². The van der Waals surface area contributed by atoms with Gasteiger partial charge in [0.15, 0.2) is 5.78 Å². The Morgan fingerprint density at radius 1 is 0.955 bits per heavy atom. The molecule has 1 aromatic rings. The molecule has 0 spiro atoms. The molecule has 240 valence electrons. The minimum Gasteiger partial charge on any atom is -0.462 e. The number of nitrogens with zero attached hydrogens (tertiary/aromatic N) is 1. The fourth-order valence-electron chi connectivity index (χ4n) is 12.4. The van der Waals surface area contributed by atoms with Crippen molar-refractivity contribution in [3.05, 3.63) is 41.2 Å². The standard InChI is InChI=1S/C39H55NO4/c1-24(2)33-28(42)22-39(31(43)14-11-26-10-9-21-40-23-26)20-19-37(7)27(34(33)39)12-13-30-36(6)17-16-32(44-25(3)41)35(4,5)29(36)15-18-38(30,37)8/h9-10,21,23-24,27,29-30,32H,11-20,22H2,1-8H3/t27-,29+,30-,32+,36+,37-,38-,39+/m1/s1. The van der Waals surface area contributed by atoms with Gasteiger partial charge >= 0.3 is 5.97 Å². The molecule has 0 unspecified atom stereocenters. The average molecular weight is 602 g/mol. The lowest BCUT2D eigenvalue weighted by Gasteiger charge is -2.72. The number of aryl methyl sites for hydroxylation is 1. The van der Waals surface area contributed by atoms with Gasteiger partial charge in [-0.25, -0.2) is 0 Å². The van der Waals surface area contributed by atoms with Crippen LogP contribution in [-0.2, 0) is 25.5 Å². The maximum atomic E-state index is 14.4. The van der Waals surface area contributed by atoms with E-state index in [9.17, 15) is 14.4 Å². The van der Waals surface area contributed by atoms with Crippen LogP contribution in [0.1, 0.15) is 125 Å². The summed E-state index contributed by atoms with van der Waals surface area (Å²) in [5.41, 5.74) is 2.97. The van der Waals surface area contributed by atoms with Crippen molar-refractivity contribution in [2.24, 2.45) is 50.7 Å². The van der Waals surface area contributed by atoms with Crippen molar-refractivity contribution in [3.63, 3.8) is 0 Å². The number of ether oxygens (including phenoxy) is 1. The summed E-state index contributed by atoms with van der Waals surface area (Å²) in [6, 6.07) is 3.98. The Bertz CT molecular complexity index is 1380. The fourth-order valence-corrected chi connectivity index (χ4v) is 12.4. The number of hydrogen-bond acceptors (Lipinski definition) is 5. The Morgan fingerprint density at radius 3 is 2.36 bits per heavy atom. The lowest BCUT2D eigenvalue weighted by Crippen LogP contribution is -2.66. The van der Waals surface area contributed by atoms with E-state index < -0.39 is 5.41 Å². The lowest BCUT2D eigenvalue weighted by atomic mass is 9.33. The van der Waals surface area contributed by atoms with Crippen molar-refractivity contribution in [1.29, 1.82) is 0 Å². The van der Waals surface area contributed by atoms with Gasteiger partial charge in [-0.05, 0) is 120 Å². The van der Waals surface area contributed by atoms with E-state index in [1.165, 1.54) is 5.57 Å². The van der Waals surface area contributed by atoms with Gasteiger partial charge in [-0.2, -0.15) is 0 Å². The van der Waals surface area contributed by atoms with Crippen molar-refractivity contribution >= 4 is 17.5 Å². The Hall–Kier alpha value is -2.30.